The normalized spacial score (nSPS) is 18.7. The molecule has 0 saturated carbocycles. The lowest BCUT2D eigenvalue weighted by Crippen LogP contribution is -2.36. The van der Waals surface area contributed by atoms with Gasteiger partial charge >= 0.3 is 0 Å². The van der Waals surface area contributed by atoms with Crippen LogP contribution in [0.1, 0.15) is 52.4 Å². The maximum Gasteiger partial charge on any atom is 0.275 e. The van der Waals surface area contributed by atoms with Gasteiger partial charge in [0.05, 0.1) is 6.54 Å². The highest BCUT2D eigenvalue weighted by Gasteiger charge is 2.21. The van der Waals surface area contributed by atoms with Crippen LogP contribution >= 0.6 is 0 Å². The number of ether oxygens (including phenoxy) is 1. The first-order valence-corrected chi connectivity index (χ1v) is 11.7. The third-order valence-corrected chi connectivity index (χ3v) is 6.32. The van der Waals surface area contributed by atoms with Crippen molar-refractivity contribution in [3.8, 4) is 5.75 Å². The molecule has 6 nitrogen and oxygen atoms in total. The molecular formula is C27H33N3O3. The Hall–Kier alpha value is -3.12. The fourth-order valence-electron chi connectivity index (χ4n) is 4.51. The van der Waals surface area contributed by atoms with Crippen molar-refractivity contribution in [2.75, 3.05) is 33.3 Å². The number of amides is 1. The molecule has 0 radical (unpaired) electrons. The Bertz CT molecular complexity index is 1020. The summed E-state index contributed by atoms with van der Waals surface area (Å²) < 4.78 is 11.2. The minimum atomic E-state index is -0.112. The molecule has 0 aliphatic carbocycles. The van der Waals surface area contributed by atoms with E-state index in [2.05, 4.69) is 66.3 Å². The molecule has 3 aromatic rings. The molecule has 1 aliphatic heterocycles. The number of hydrogen-bond acceptors (Lipinski definition) is 5. The molecule has 6 heteroatoms. The molecule has 1 amide bonds. The fourth-order valence-corrected chi connectivity index (χ4v) is 4.51. The van der Waals surface area contributed by atoms with Crippen molar-refractivity contribution >= 4 is 5.91 Å². The number of hydrogen-bond donors (Lipinski definition) is 0. The van der Waals surface area contributed by atoms with E-state index in [1.165, 1.54) is 29.3 Å². The Morgan fingerprint density at radius 3 is 2.70 bits per heavy atom. The van der Waals surface area contributed by atoms with E-state index in [1.54, 1.807) is 0 Å². The summed E-state index contributed by atoms with van der Waals surface area (Å²) in [5, 5.41) is 0. The summed E-state index contributed by atoms with van der Waals surface area (Å²) in [6.45, 7) is 5.54. The number of aryl methyl sites for hydroxylation is 1. The van der Waals surface area contributed by atoms with Crippen LogP contribution in [0.25, 0.3) is 0 Å². The molecule has 0 N–H and O–H groups in total. The third kappa shape index (κ3) is 6.23. The smallest absolute Gasteiger partial charge is 0.275 e. The first-order chi connectivity index (χ1) is 16.1. The first-order valence-electron chi connectivity index (χ1n) is 11.7. The zero-order valence-electron chi connectivity index (χ0n) is 19.6. The average molecular weight is 448 g/mol. The Balaban J connectivity index is 1.57. The molecule has 174 valence electrons. The van der Waals surface area contributed by atoms with Crippen LogP contribution in [0.15, 0.2) is 65.6 Å². The van der Waals surface area contributed by atoms with E-state index in [1.807, 2.05) is 11.0 Å². The first kappa shape index (κ1) is 23.1. The van der Waals surface area contributed by atoms with E-state index in [0.29, 0.717) is 31.3 Å². The van der Waals surface area contributed by atoms with Gasteiger partial charge < -0.3 is 19.0 Å². The number of carbonyl (C=O) groups excluding carboxylic acids is 1. The van der Waals surface area contributed by atoms with Crippen LogP contribution in [-0.4, -0.2) is 54.0 Å². The van der Waals surface area contributed by atoms with Crippen molar-refractivity contribution in [1.82, 2.24) is 14.8 Å². The van der Waals surface area contributed by atoms with Gasteiger partial charge in [-0.2, -0.15) is 0 Å². The SMILES string of the molecule is Cc1ccc2c(c1)CN(C)CCC(c1ccccc1)CCCN(C(=O)c1cocn1)CCO2. The van der Waals surface area contributed by atoms with Gasteiger partial charge in [0.2, 0.25) is 0 Å². The Morgan fingerprint density at radius 2 is 1.91 bits per heavy atom. The summed E-state index contributed by atoms with van der Waals surface area (Å²) in [4.78, 5) is 21.3. The summed E-state index contributed by atoms with van der Waals surface area (Å²) in [7, 11) is 2.18. The van der Waals surface area contributed by atoms with Crippen molar-refractivity contribution < 1.29 is 13.9 Å². The van der Waals surface area contributed by atoms with Crippen LogP contribution < -0.4 is 4.74 Å². The van der Waals surface area contributed by atoms with Gasteiger partial charge in [0, 0.05) is 18.7 Å². The average Bonchev–Trinajstić information content (AvgIpc) is 3.36. The van der Waals surface area contributed by atoms with Crippen molar-refractivity contribution in [2.24, 2.45) is 0 Å². The maximum atomic E-state index is 13.0. The number of oxazole rings is 1. The minimum absolute atomic E-state index is 0.112. The van der Waals surface area contributed by atoms with Crippen LogP contribution in [0.3, 0.4) is 0 Å². The Labute approximate surface area is 196 Å². The summed E-state index contributed by atoms with van der Waals surface area (Å²) in [5.41, 5.74) is 4.11. The van der Waals surface area contributed by atoms with Gasteiger partial charge in [0.15, 0.2) is 12.1 Å². The van der Waals surface area contributed by atoms with Crippen molar-refractivity contribution in [2.45, 2.75) is 38.6 Å². The fraction of sp³-hybridized carbons (Fsp3) is 0.407. The molecule has 1 atom stereocenters. The van der Waals surface area contributed by atoms with Gasteiger partial charge in [-0.1, -0.05) is 48.0 Å². The molecule has 0 fully saturated rings. The number of aromatic nitrogens is 1. The summed E-state index contributed by atoms with van der Waals surface area (Å²) >= 11 is 0. The van der Waals surface area contributed by atoms with E-state index in [4.69, 9.17) is 9.15 Å². The number of benzene rings is 2. The third-order valence-electron chi connectivity index (χ3n) is 6.32. The molecule has 4 rings (SSSR count). The summed E-state index contributed by atoms with van der Waals surface area (Å²) in [5.74, 6) is 1.23. The number of carbonyl (C=O) groups is 1. The lowest BCUT2D eigenvalue weighted by Gasteiger charge is -2.27. The Kier molecular flexibility index (Phi) is 7.79. The predicted octanol–water partition coefficient (Wildman–Crippen LogP) is 4.90. The zero-order valence-corrected chi connectivity index (χ0v) is 19.6. The van der Waals surface area contributed by atoms with E-state index >= 15 is 0 Å². The van der Waals surface area contributed by atoms with Gasteiger partial charge in [-0.05, 0) is 57.3 Å². The quantitative estimate of drug-likeness (QED) is 0.559. The number of fused-ring (bicyclic) bond motifs is 1. The number of rotatable bonds is 2. The molecule has 2 aromatic carbocycles. The van der Waals surface area contributed by atoms with Crippen molar-refractivity contribution in [1.29, 1.82) is 0 Å². The lowest BCUT2D eigenvalue weighted by atomic mass is 9.91. The second-order valence-corrected chi connectivity index (χ2v) is 8.90. The highest BCUT2D eigenvalue weighted by molar-refractivity contribution is 5.91. The van der Waals surface area contributed by atoms with Gasteiger partial charge in [-0.25, -0.2) is 4.98 Å². The van der Waals surface area contributed by atoms with Crippen LogP contribution in [0, 0.1) is 6.92 Å². The molecule has 0 saturated heterocycles. The molecule has 2 heterocycles. The standard InChI is InChI=1S/C27H33N3O3/c1-21-10-11-26-24(17-21)18-29(2)14-12-23(22-7-4-3-5-8-22)9-6-13-30(15-16-33-26)27(31)25-19-32-20-28-25/h3-5,7-8,10-11,17,19-20,23H,6,9,12-16,18H2,1-2H3. The van der Waals surface area contributed by atoms with E-state index in [0.717, 1.165) is 38.1 Å². The predicted molar refractivity (Wildman–Crippen MR) is 128 cm³/mol. The van der Waals surface area contributed by atoms with Gasteiger partial charge in [-0.3, -0.25) is 4.79 Å². The molecule has 33 heavy (non-hydrogen) atoms. The second-order valence-electron chi connectivity index (χ2n) is 8.90. The van der Waals surface area contributed by atoms with E-state index < -0.39 is 0 Å². The lowest BCUT2D eigenvalue weighted by molar-refractivity contribution is 0.0718. The van der Waals surface area contributed by atoms with Crippen molar-refractivity contribution in [3.05, 3.63) is 83.6 Å². The van der Waals surface area contributed by atoms with Crippen molar-refractivity contribution in [3.63, 3.8) is 0 Å². The largest absolute Gasteiger partial charge is 0.491 e. The molecule has 1 aliphatic rings. The van der Waals surface area contributed by atoms with Crippen LogP contribution in [0.4, 0.5) is 0 Å². The summed E-state index contributed by atoms with van der Waals surface area (Å²) in [6.07, 6.45) is 5.73. The van der Waals surface area contributed by atoms with Gasteiger partial charge in [0.25, 0.3) is 5.91 Å². The van der Waals surface area contributed by atoms with Crippen LogP contribution in [0.5, 0.6) is 5.75 Å². The van der Waals surface area contributed by atoms with Gasteiger partial charge in [-0.15, -0.1) is 0 Å². The van der Waals surface area contributed by atoms with Crippen LogP contribution in [-0.2, 0) is 6.54 Å². The minimum Gasteiger partial charge on any atom is -0.491 e. The highest BCUT2D eigenvalue weighted by atomic mass is 16.5. The molecule has 0 bridgehead atoms. The maximum absolute atomic E-state index is 13.0. The van der Waals surface area contributed by atoms with E-state index in [-0.39, 0.29) is 5.91 Å². The molecular weight excluding hydrogens is 414 g/mol. The molecule has 1 aromatic heterocycles. The monoisotopic (exact) mass is 447 g/mol. The highest BCUT2D eigenvalue weighted by Crippen LogP contribution is 2.27. The second kappa shape index (κ2) is 11.1. The zero-order chi connectivity index (χ0) is 23.0. The van der Waals surface area contributed by atoms with Gasteiger partial charge in [0.1, 0.15) is 18.6 Å². The molecule has 0 spiro atoms. The van der Waals surface area contributed by atoms with E-state index in [9.17, 15) is 4.79 Å². The Morgan fingerprint density at radius 1 is 1.06 bits per heavy atom. The number of nitrogens with zero attached hydrogens (tertiary/aromatic N) is 3. The summed E-state index contributed by atoms with van der Waals surface area (Å²) in [6, 6.07) is 17.0. The van der Waals surface area contributed by atoms with Crippen LogP contribution in [0.2, 0.25) is 0 Å². The molecule has 1 unspecified atom stereocenters. The topological polar surface area (TPSA) is 58.8 Å².